The zero-order chi connectivity index (χ0) is 38.8. The molecular formula is C41H56N6O6S. The summed E-state index contributed by atoms with van der Waals surface area (Å²) in [5.41, 5.74) is 9.74. The van der Waals surface area contributed by atoms with Crippen LogP contribution in [0.3, 0.4) is 0 Å². The van der Waals surface area contributed by atoms with Crippen molar-refractivity contribution in [2.75, 3.05) is 11.9 Å². The average Bonchev–Trinajstić information content (AvgIpc) is 4.00. The lowest BCUT2D eigenvalue weighted by Crippen LogP contribution is -2.49. The Kier molecular flexibility index (Phi) is 11.8. The van der Waals surface area contributed by atoms with Crippen LogP contribution < -0.4 is 20.5 Å². The van der Waals surface area contributed by atoms with Gasteiger partial charge in [0.15, 0.2) is 0 Å². The summed E-state index contributed by atoms with van der Waals surface area (Å²) in [4.78, 5) is 46.1. The van der Waals surface area contributed by atoms with Gasteiger partial charge >= 0.3 is 0 Å². The Morgan fingerprint density at radius 3 is 2.43 bits per heavy atom. The summed E-state index contributed by atoms with van der Waals surface area (Å²) in [5, 5.41) is 3.41. The quantitative estimate of drug-likeness (QED) is 0.102. The van der Waals surface area contributed by atoms with E-state index in [1.54, 1.807) is 11.8 Å². The number of anilines is 1. The van der Waals surface area contributed by atoms with E-state index in [9.17, 15) is 22.8 Å². The second kappa shape index (κ2) is 16.1. The number of hydrogen-bond acceptors (Lipinski definition) is 8. The number of nitrogens with two attached hydrogens (primary N) is 1. The largest absolute Gasteiger partial charge is 0.459 e. The Morgan fingerprint density at radius 1 is 1.02 bits per heavy atom. The van der Waals surface area contributed by atoms with Crippen LogP contribution in [0.15, 0.2) is 60.7 Å². The third kappa shape index (κ3) is 8.77. The second-order valence-electron chi connectivity index (χ2n) is 16.2. The highest BCUT2D eigenvalue weighted by atomic mass is 32.2. The van der Waals surface area contributed by atoms with E-state index in [1.807, 2.05) is 48.5 Å². The van der Waals surface area contributed by atoms with Crippen LogP contribution in [-0.2, 0) is 24.4 Å². The van der Waals surface area contributed by atoms with Gasteiger partial charge in [-0.3, -0.25) is 23.7 Å². The Morgan fingerprint density at radius 2 is 1.76 bits per heavy atom. The molecular weight excluding hydrogens is 705 g/mol. The fourth-order valence-electron chi connectivity index (χ4n) is 7.47. The maximum absolute atomic E-state index is 14.3. The Hall–Kier alpha value is -4.39. The minimum Gasteiger partial charge on any atom is -0.459 e. The molecule has 5 atom stereocenters. The summed E-state index contributed by atoms with van der Waals surface area (Å²) in [6.07, 6.45) is 9.69. The lowest BCUT2D eigenvalue weighted by Gasteiger charge is -2.28. The molecule has 3 fully saturated rings. The van der Waals surface area contributed by atoms with Gasteiger partial charge in [0.2, 0.25) is 27.7 Å². The zero-order valence-electron chi connectivity index (χ0n) is 32.2. The minimum atomic E-state index is -3.61. The molecule has 3 aromatic rings. The number of aromatic nitrogens is 2. The van der Waals surface area contributed by atoms with Crippen molar-refractivity contribution in [3.05, 3.63) is 66.2 Å². The van der Waals surface area contributed by atoms with Gasteiger partial charge in [0, 0.05) is 24.1 Å². The highest BCUT2D eigenvalue weighted by Crippen LogP contribution is 2.44. The molecule has 13 heteroatoms. The molecule has 1 aliphatic heterocycles. The lowest BCUT2D eigenvalue weighted by molar-refractivity contribution is -0.138. The third-order valence-corrected chi connectivity index (χ3v) is 13.4. The predicted molar refractivity (Wildman–Crippen MR) is 210 cm³/mol. The Bertz CT molecular complexity index is 1970. The van der Waals surface area contributed by atoms with Gasteiger partial charge in [0.05, 0.1) is 22.3 Å². The van der Waals surface area contributed by atoms with Crippen molar-refractivity contribution in [2.45, 2.75) is 127 Å². The van der Waals surface area contributed by atoms with Gasteiger partial charge in [-0.05, 0) is 94.9 Å². The molecule has 6 rings (SSSR count). The number of carbonyl (C=O) groups is 3. The SMILES string of the molecule is CC(C)c1cccc2c1nc(OC1CC(C(N)=O)N(C(=O)C(CCCCCC=CC3CC3C(=O)NS(=O)(=O)C3(C)CC3)Nc3ccccc3)C1)n2C(C)C. The number of amides is 3. The number of hydrogen-bond donors (Lipinski definition) is 3. The van der Waals surface area contributed by atoms with E-state index < -0.39 is 44.8 Å². The zero-order valence-corrected chi connectivity index (χ0v) is 33.0. The maximum Gasteiger partial charge on any atom is 0.297 e. The van der Waals surface area contributed by atoms with Crippen LogP contribution in [0.25, 0.3) is 11.0 Å². The van der Waals surface area contributed by atoms with Crippen molar-refractivity contribution in [1.82, 2.24) is 19.2 Å². The molecule has 0 spiro atoms. The molecule has 2 saturated carbocycles. The van der Waals surface area contributed by atoms with E-state index in [0.29, 0.717) is 31.7 Å². The molecule has 2 heterocycles. The van der Waals surface area contributed by atoms with E-state index in [1.165, 1.54) is 0 Å². The highest BCUT2D eigenvalue weighted by Gasteiger charge is 2.52. The van der Waals surface area contributed by atoms with Crippen molar-refractivity contribution in [3.63, 3.8) is 0 Å². The van der Waals surface area contributed by atoms with Crippen molar-refractivity contribution in [1.29, 1.82) is 0 Å². The van der Waals surface area contributed by atoms with Crippen molar-refractivity contribution in [2.24, 2.45) is 17.6 Å². The topological polar surface area (TPSA) is 166 Å². The highest BCUT2D eigenvalue weighted by molar-refractivity contribution is 7.91. The molecule has 3 aliphatic rings. The molecule has 0 bridgehead atoms. The number of carbonyl (C=O) groups excluding carboxylic acids is 3. The van der Waals surface area contributed by atoms with Crippen LogP contribution in [0.4, 0.5) is 5.69 Å². The monoisotopic (exact) mass is 760 g/mol. The van der Waals surface area contributed by atoms with E-state index in [0.717, 1.165) is 48.0 Å². The van der Waals surface area contributed by atoms with Crippen molar-refractivity contribution < 1.29 is 27.5 Å². The first-order valence-electron chi connectivity index (χ1n) is 19.5. The summed E-state index contributed by atoms with van der Waals surface area (Å²) in [5.74, 6) is -1.09. The predicted octanol–water partition coefficient (Wildman–Crippen LogP) is 6.20. The average molecular weight is 761 g/mol. The van der Waals surface area contributed by atoms with Gasteiger partial charge in [0.25, 0.3) is 6.01 Å². The smallest absolute Gasteiger partial charge is 0.297 e. The number of likely N-dealkylation sites (tertiary alicyclic amines) is 1. The number of nitrogens with zero attached hydrogens (tertiary/aromatic N) is 3. The molecule has 4 N–H and O–H groups in total. The number of ether oxygens (including phenoxy) is 1. The van der Waals surface area contributed by atoms with Crippen molar-refractivity contribution in [3.8, 4) is 6.01 Å². The fourth-order valence-corrected chi connectivity index (χ4v) is 8.77. The molecule has 5 unspecified atom stereocenters. The number of sulfonamides is 1. The van der Waals surface area contributed by atoms with E-state index in [-0.39, 0.29) is 42.7 Å². The molecule has 2 aliphatic carbocycles. The third-order valence-electron chi connectivity index (χ3n) is 11.2. The number of para-hydroxylation sites is 2. The number of nitrogens with one attached hydrogen (secondary N) is 2. The van der Waals surface area contributed by atoms with E-state index in [2.05, 4.69) is 54.4 Å². The summed E-state index contributed by atoms with van der Waals surface area (Å²) >= 11 is 0. The normalized spacial score (nSPS) is 22.5. The van der Waals surface area contributed by atoms with Gasteiger partial charge in [-0.15, -0.1) is 0 Å². The molecule has 2 aromatic carbocycles. The number of imidazole rings is 1. The lowest BCUT2D eigenvalue weighted by atomic mass is 10.0. The number of rotatable bonds is 18. The van der Waals surface area contributed by atoms with Gasteiger partial charge in [0.1, 0.15) is 18.2 Å². The van der Waals surface area contributed by atoms with Gasteiger partial charge < -0.3 is 20.7 Å². The summed E-state index contributed by atoms with van der Waals surface area (Å²) in [7, 11) is -3.61. The Balaban J connectivity index is 1.05. The molecule has 12 nitrogen and oxygen atoms in total. The van der Waals surface area contributed by atoms with E-state index in [4.69, 9.17) is 15.5 Å². The van der Waals surface area contributed by atoms with Gasteiger partial charge in [-0.1, -0.05) is 69.2 Å². The maximum atomic E-state index is 14.3. The van der Waals surface area contributed by atoms with Crippen LogP contribution in [0.1, 0.15) is 110 Å². The van der Waals surface area contributed by atoms with Crippen molar-refractivity contribution >= 4 is 44.5 Å². The van der Waals surface area contributed by atoms with Gasteiger partial charge in [-0.25, -0.2) is 8.42 Å². The number of primary amides is 1. The number of unbranched alkanes of at least 4 members (excludes halogenated alkanes) is 3. The van der Waals surface area contributed by atoms with Gasteiger partial charge in [-0.2, -0.15) is 4.98 Å². The first-order valence-corrected chi connectivity index (χ1v) is 21.0. The number of allylic oxidation sites excluding steroid dienone is 2. The van der Waals surface area contributed by atoms with Crippen LogP contribution in [0, 0.1) is 11.8 Å². The van der Waals surface area contributed by atoms with Crippen LogP contribution in [0.2, 0.25) is 0 Å². The number of benzene rings is 2. The number of fused-ring (bicyclic) bond motifs is 1. The van der Waals surface area contributed by atoms with E-state index >= 15 is 0 Å². The molecule has 1 saturated heterocycles. The van der Waals surface area contributed by atoms with Crippen LogP contribution >= 0.6 is 0 Å². The standard InChI is InChI=1S/C41H56N6O6S/c1-26(2)31-18-14-20-34-36(31)44-40(47(34)27(3)4)53-30-24-35(37(42)48)46(25-30)39(50)33(43-29-16-11-9-12-17-29)19-13-8-6-7-10-15-28-23-32(28)38(49)45-54(51,52)41(5)21-22-41/h9-12,14-18,20,26-28,30,32-33,35,43H,6-8,13,19,21-25H2,1-5H3,(H2,42,48)(H,45,49). The molecule has 292 valence electrons. The van der Waals surface area contributed by atoms with Crippen LogP contribution in [-0.4, -0.2) is 70.1 Å². The summed E-state index contributed by atoms with van der Waals surface area (Å²) in [6, 6.07) is 14.9. The molecule has 3 amide bonds. The summed E-state index contributed by atoms with van der Waals surface area (Å²) < 4.78 is 34.9. The first-order chi connectivity index (χ1) is 25.7. The minimum absolute atomic E-state index is 0.0674. The summed E-state index contributed by atoms with van der Waals surface area (Å²) in [6.45, 7) is 10.3. The molecule has 0 radical (unpaired) electrons. The van der Waals surface area contributed by atoms with Crippen LogP contribution in [0.5, 0.6) is 6.01 Å². The fraction of sp³-hybridized carbons (Fsp3) is 0.561. The Labute approximate surface area is 319 Å². The first kappa shape index (κ1) is 39.3. The molecule has 54 heavy (non-hydrogen) atoms. The molecule has 1 aromatic heterocycles. The second-order valence-corrected chi connectivity index (χ2v) is 18.4.